The number of hydrogen-bond acceptors (Lipinski definition) is 3. The highest BCUT2D eigenvalue weighted by molar-refractivity contribution is 5.86. The molecule has 0 spiro atoms. The highest BCUT2D eigenvalue weighted by Crippen LogP contribution is 2.20. The second-order valence-electron chi connectivity index (χ2n) is 4.55. The minimum Gasteiger partial charge on any atom is -0.344 e. The molecular weight excluding hydrogens is 190 g/mol. The summed E-state index contributed by atoms with van der Waals surface area (Å²) in [6.45, 7) is 4.77. The topological polar surface area (TPSA) is 44.4 Å². The standard InChI is InChI=1S/C11H23N3O/c1-11(6-4-8-13-11)10(15)14(3)9-5-7-12-2/h12-13H,4-9H2,1-3H3. The zero-order valence-electron chi connectivity index (χ0n) is 10.1. The van der Waals surface area contributed by atoms with Gasteiger partial charge in [0.05, 0.1) is 5.54 Å². The molecule has 0 bridgehead atoms. The number of nitrogens with one attached hydrogen (secondary N) is 2. The Labute approximate surface area is 92.4 Å². The van der Waals surface area contributed by atoms with Crippen molar-refractivity contribution in [2.75, 3.05) is 33.7 Å². The molecule has 0 aliphatic carbocycles. The molecule has 0 aromatic heterocycles. The van der Waals surface area contributed by atoms with Crippen molar-refractivity contribution in [2.45, 2.75) is 31.7 Å². The monoisotopic (exact) mass is 213 g/mol. The fourth-order valence-corrected chi connectivity index (χ4v) is 2.09. The Balaban J connectivity index is 2.38. The van der Waals surface area contributed by atoms with Gasteiger partial charge in [0.15, 0.2) is 0 Å². The van der Waals surface area contributed by atoms with Crippen LogP contribution in [0.5, 0.6) is 0 Å². The normalized spacial score (nSPS) is 25.5. The molecule has 1 unspecified atom stereocenters. The Morgan fingerprint density at radius 3 is 2.87 bits per heavy atom. The molecule has 1 amide bonds. The molecule has 88 valence electrons. The van der Waals surface area contributed by atoms with Crippen molar-refractivity contribution in [2.24, 2.45) is 0 Å². The van der Waals surface area contributed by atoms with Gasteiger partial charge in [-0.3, -0.25) is 4.79 Å². The summed E-state index contributed by atoms with van der Waals surface area (Å²) in [5, 5.41) is 6.38. The van der Waals surface area contributed by atoms with Crippen LogP contribution in [0.4, 0.5) is 0 Å². The molecule has 0 aromatic rings. The van der Waals surface area contributed by atoms with Gasteiger partial charge in [0, 0.05) is 13.6 Å². The van der Waals surface area contributed by atoms with Crippen LogP contribution in [-0.2, 0) is 4.79 Å². The van der Waals surface area contributed by atoms with Crippen LogP contribution < -0.4 is 10.6 Å². The molecule has 1 aliphatic heterocycles. The van der Waals surface area contributed by atoms with E-state index in [1.807, 2.05) is 25.9 Å². The number of amides is 1. The number of carbonyl (C=O) groups is 1. The van der Waals surface area contributed by atoms with Crippen LogP contribution in [0.25, 0.3) is 0 Å². The van der Waals surface area contributed by atoms with E-state index >= 15 is 0 Å². The van der Waals surface area contributed by atoms with E-state index in [9.17, 15) is 4.79 Å². The molecule has 4 heteroatoms. The lowest BCUT2D eigenvalue weighted by Crippen LogP contribution is -2.52. The number of carbonyl (C=O) groups excluding carboxylic acids is 1. The van der Waals surface area contributed by atoms with Gasteiger partial charge in [-0.1, -0.05) is 0 Å². The summed E-state index contributed by atoms with van der Waals surface area (Å²) >= 11 is 0. The Bertz CT molecular complexity index is 212. The van der Waals surface area contributed by atoms with Crippen molar-refractivity contribution in [1.82, 2.24) is 15.5 Å². The molecule has 1 heterocycles. The number of rotatable bonds is 5. The highest BCUT2D eigenvalue weighted by Gasteiger charge is 2.37. The van der Waals surface area contributed by atoms with E-state index in [1.165, 1.54) is 0 Å². The van der Waals surface area contributed by atoms with E-state index in [0.717, 1.165) is 38.9 Å². The van der Waals surface area contributed by atoms with Crippen LogP contribution >= 0.6 is 0 Å². The minimum absolute atomic E-state index is 0.233. The third-order valence-electron chi connectivity index (χ3n) is 3.11. The lowest BCUT2D eigenvalue weighted by molar-refractivity contribution is -0.135. The van der Waals surface area contributed by atoms with Gasteiger partial charge in [-0.25, -0.2) is 0 Å². The zero-order valence-corrected chi connectivity index (χ0v) is 10.1. The second-order valence-corrected chi connectivity index (χ2v) is 4.55. The quantitative estimate of drug-likeness (QED) is 0.641. The molecule has 1 rings (SSSR count). The molecule has 2 N–H and O–H groups in total. The first-order chi connectivity index (χ1) is 7.10. The van der Waals surface area contributed by atoms with Crippen LogP contribution in [0.15, 0.2) is 0 Å². The first kappa shape index (κ1) is 12.5. The third kappa shape index (κ3) is 3.18. The fraction of sp³-hybridized carbons (Fsp3) is 0.909. The molecule has 0 saturated carbocycles. The van der Waals surface area contributed by atoms with Gasteiger partial charge in [-0.15, -0.1) is 0 Å². The van der Waals surface area contributed by atoms with Gasteiger partial charge in [-0.2, -0.15) is 0 Å². The first-order valence-corrected chi connectivity index (χ1v) is 5.75. The zero-order chi connectivity index (χ0) is 11.3. The van der Waals surface area contributed by atoms with Gasteiger partial charge in [0.2, 0.25) is 5.91 Å². The summed E-state index contributed by atoms with van der Waals surface area (Å²) in [5.41, 5.74) is -0.311. The molecule has 1 fully saturated rings. The third-order valence-corrected chi connectivity index (χ3v) is 3.11. The van der Waals surface area contributed by atoms with E-state index in [0.29, 0.717) is 0 Å². The van der Waals surface area contributed by atoms with E-state index in [1.54, 1.807) is 0 Å². The smallest absolute Gasteiger partial charge is 0.242 e. The van der Waals surface area contributed by atoms with Crippen molar-refractivity contribution in [3.8, 4) is 0 Å². The highest BCUT2D eigenvalue weighted by atomic mass is 16.2. The van der Waals surface area contributed by atoms with Crippen LogP contribution in [0, 0.1) is 0 Å². The van der Waals surface area contributed by atoms with Crippen molar-refractivity contribution < 1.29 is 4.79 Å². The van der Waals surface area contributed by atoms with Crippen molar-refractivity contribution >= 4 is 5.91 Å². The minimum atomic E-state index is -0.311. The predicted molar refractivity (Wildman–Crippen MR) is 61.8 cm³/mol. The molecule has 1 aliphatic rings. The van der Waals surface area contributed by atoms with E-state index in [-0.39, 0.29) is 11.4 Å². The van der Waals surface area contributed by atoms with Gasteiger partial charge in [0.1, 0.15) is 0 Å². The van der Waals surface area contributed by atoms with Crippen LogP contribution in [-0.4, -0.2) is 50.1 Å². The Hall–Kier alpha value is -0.610. The van der Waals surface area contributed by atoms with Crippen LogP contribution in [0.3, 0.4) is 0 Å². The van der Waals surface area contributed by atoms with Crippen LogP contribution in [0.2, 0.25) is 0 Å². The van der Waals surface area contributed by atoms with Gasteiger partial charge in [0.25, 0.3) is 0 Å². The SMILES string of the molecule is CNCCCN(C)C(=O)C1(C)CCCN1. The predicted octanol–water partition coefficient (Wildman–Crippen LogP) is 0.196. The molecule has 1 saturated heterocycles. The lowest BCUT2D eigenvalue weighted by Gasteiger charge is -2.29. The maximum Gasteiger partial charge on any atom is 0.242 e. The maximum atomic E-state index is 12.1. The molecule has 4 nitrogen and oxygen atoms in total. The summed E-state index contributed by atoms with van der Waals surface area (Å²) in [6, 6.07) is 0. The van der Waals surface area contributed by atoms with Gasteiger partial charge < -0.3 is 15.5 Å². The average Bonchev–Trinajstić information content (AvgIpc) is 2.65. The summed E-state index contributed by atoms with van der Waals surface area (Å²) in [7, 11) is 3.82. The summed E-state index contributed by atoms with van der Waals surface area (Å²) in [4.78, 5) is 13.9. The van der Waals surface area contributed by atoms with Crippen molar-refractivity contribution in [3.05, 3.63) is 0 Å². The van der Waals surface area contributed by atoms with Gasteiger partial charge >= 0.3 is 0 Å². The maximum absolute atomic E-state index is 12.1. The summed E-state index contributed by atoms with van der Waals surface area (Å²) < 4.78 is 0. The average molecular weight is 213 g/mol. The number of hydrogen-bond donors (Lipinski definition) is 2. The molecule has 15 heavy (non-hydrogen) atoms. The summed E-state index contributed by atoms with van der Waals surface area (Å²) in [6.07, 6.45) is 3.07. The number of nitrogens with zero attached hydrogens (tertiary/aromatic N) is 1. The molecule has 0 radical (unpaired) electrons. The van der Waals surface area contributed by atoms with E-state index < -0.39 is 0 Å². The largest absolute Gasteiger partial charge is 0.344 e. The Morgan fingerprint density at radius 1 is 1.60 bits per heavy atom. The molecule has 0 aromatic carbocycles. The van der Waals surface area contributed by atoms with Gasteiger partial charge in [-0.05, 0) is 46.3 Å². The summed E-state index contributed by atoms with van der Waals surface area (Å²) in [5.74, 6) is 0.233. The van der Waals surface area contributed by atoms with Crippen LogP contribution in [0.1, 0.15) is 26.2 Å². The Morgan fingerprint density at radius 2 is 2.33 bits per heavy atom. The number of likely N-dealkylation sites (N-methyl/N-ethyl adjacent to an activating group) is 1. The van der Waals surface area contributed by atoms with Crippen molar-refractivity contribution in [1.29, 1.82) is 0 Å². The molecule has 1 atom stereocenters. The first-order valence-electron chi connectivity index (χ1n) is 5.75. The van der Waals surface area contributed by atoms with Crippen molar-refractivity contribution in [3.63, 3.8) is 0 Å². The second kappa shape index (κ2) is 5.47. The fourth-order valence-electron chi connectivity index (χ4n) is 2.09. The van der Waals surface area contributed by atoms with E-state index in [2.05, 4.69) is 10.6 Å². The lowest BCUT2D eigenvalue weighted by atomic mass is 9.98. The van der Waals surface area contributed by atoms with E-state index in [4.69, 9.17) is 0 Å². The molecular formula is C11H23N3O. The Kier molecular flexibility index (Phi) is 4.54.